The van der Waals surface area contributed by atoms with Crippen LogP contribution < -0.4 is 15.8 Å². The fourth-order valence-corrected chi connectivity index (χ4v) is 3.54. The average molecular weight is 377 g/mol. The van der Waals surface area contributed by atoms with Crippen LogP contribution in [0.25, 0.3) is 10.8 Å². The summed E-state index contributed by atoms with van der Waals surface area (Å²) < 4.78 is 5.38. The van der Waals surface area contributed by atoms with E-state index in [-0.39, 0.29) is 5.91 Å². The summed E-state index contributed by atoms with van der Waals surface area (Å²) in [6.07, 6.45) is 4.85. The maximum atomic E-state index is 11.9. The molecule has 0 radical (unpaired) electrons. The van der Waals surface area contributed by atoms with Crippen molar-refractivity contribution in [3.05, 3.63) is 58.8 Å². The van der Waals surface area contributed by atoms with E-state index in [9.17, 15) is 4.79 Å². The smallest absolute Gasteiger partial charge is 0.253 e. The van der Waals surface area contributed by atoms with Crippen molar-refractivity contribution in [1.82, 2.24) is 20.3 Å². The minimum Gasteiger partial charge on any atom is -0.481 e. The number of fused-ring (bicyclic) bond motifs is 2. The molecule has 0 aromatic carbocycles. The first-order valence-electron chi connectivity index (χ1n) is 9.25. The molecule has 7 nitrogen and oxygen atoms in total. The second-order valence-corrected chi connectivity index (χ2v) is 7.60. The van der Waals surface area contributed by atoms with Crippen LogP contribution >= 0.6 is 0 Å². The standard InChI is InChI=1S/C21H23N5O2/c1-21(2,22)17-11-25-20(28-3)16-10-24-13(9-15(16)17)8-12-4-5-14-18(26-12)6-7-23-19(14)27/h4-5,9-11H,6-8,22H2,1-3H3,(H,23,27). The number of nitrogens with one attached hydrogen (secondary N) is 1. The zero-order chi connectivity index (χ0) is 19.9. The van der Waals surface area contributed by atoms with E-state index >= 15 is 0 Å². The number of methoxy groups -OCH3 is 1. The number of hydrogen-bond donors (Lipinski definition) is 2. The third-order valence-electron chi connectivity index (χ3n) is 4.97. The first-order valence-corrected chi connectivity index (χ1v) is 9.25. The Hall–Kier alpha value is -3.06. The fourth-order valence-electron chi connectivity index (χ4n) is 3.54. The summed E-state index contributed by atoms with van der Waals surface area (Å²) in [5.41, 5.74) is 10.00. The van der Waals surface area contributed by atoms with Crippen LogP contribution in [0.15, 0.2) is 30.6 Å². The molecule has 144 valence electrons. The maximum absolute atomic E-state index is 11.9. The topological polar surface area (TPSA) is 103 Å². The molecule has 7 heteroatoms. The number of hydrogen-bond acceptors (Lipinski definition) is 6. The van der Waals surface area contributed by atoms with Crippen molar-refractivity contribution in [2.45, 2.75) is 32.2 Å². The van der Waals surface area contributed by atoms with E-state index < -0.39 is 5.54 Å². The number of nitrogens with two attached hydrogens (primary N) is 1. The highest BCUT2D eigenvalue weighted by Crippen LogP contribution is 2.31. The van der Waals surface area contributed by atoms with Crippen molar-refractivity contribution in [3.8, 4) is 5.88 Å². The fraction of sp³-hybridized carbons (Fsp3) is 0.333. The number of pyridine rings is 3. The van der Waals surface area contributed by atoms with Gasteiger partial charge in [-0.25, -0.2) is 4.98 Å². The van der Waals surface area contributed by atoms with Gasteiger partial charge in [0, 0.05) is 48.7 Å². The van der Waals surface area contributed by atoms with E-state index in [0.29, 0.717) is 24.4 Å². The third kappa shape index (κ3) is 3.29. The van der Waals surface area contributed by atoms with Gasteiger partial charge in [0.2, 0.25) is 5.88 Å². The van der Waals surface area contributed by atoms with Gasteiger partial charge in [-0.15, -0.1) is 0 Å². The summed E-state index contributed by atoms with van der Waals surface area (Å²) in [5.74, 6) is 0.471. The molecule has 0 atom stereocenters. The number of amides is 1. The quantitative estimate of drug-likeness (QED) is 0.722. The van der Waals surface area contributed by atoms with E-state index in [2.05, 4.69) is 20.3 Å². The predicted octanol–water partition coefficient (Wildman–Crippen LogP) is 2.10. The number of carbonyl (C=O) groups is 1. The van der Waals surface area contributed by atoms with E-state index in [4.69, 9.17) is 10.5 Å². The molecular formula is C21H23N5O2. The second kappa shape index (κ2) is 6.83. The van der Waals surface area contributed by atoms with E-state index in [0.717, 1.165) is 39.8 Å². The molecule has 0 spiro atoms. The Kier molecular flexibility index (Phi) is 4.47. The Morgan fingerprint density at radius 2 is 2.00 bits per heavy atom. The molecule has 3 aromatic heterocycles. The molecule has 0 unspecified atom stereocenters. The van der Waals surface area contributed by atoms with Gasteiger partial charge >= 0.3 is 0 Å². The number of rotatable bonds is 4. The van der Waals surface area contributed by atoms with Crippen molar-refractivity contribution in [1.29, 1.82) is 0 Å². The zero-order valence-electron chi connectivity index (χ0n) is 16.2. The Morgan fingerprint density at radius 3 is 2.75 bits per heavy atom. The van der Waals surface area contributed by atoms with E-state index in [1.165, 1.54) is 0 Å². The first kappa shape index (κ1) is 18.3. The van der Waals surface area contributed by atoms with Crippen LogP contribution in [0, 0.1) is 0 Å². The molecule has 4 rings (SSSR count). The molecule has 0 aliphatic carbocycles. The number of carbonyl (C=O) groups excluding carboxylic acids is 1. The summed E-state index contributed by atoms with van der Waals surface area (Å²) in [6.45, 7) is 4.52. The van der Waals surface area contributed by atoms with E-state index in [1.54, 1.807) is 19.5 Å². The molecule has 28 heavy (non-hydrogen) atoms. The summed E-state index contributed by atoms with van der Waals surface area (Å²) in [5, 5.41) is 4.64. The van der Waals surface area contributed by atoms with Crippen LogP contribution in [0.2, 0.25) is 0 Å². The van der Waals surface area contributed by atoms with Gasteiger partial charge in [0.05, 0.1) is 23.8 Å². The Bertz CT molecular complexity index is 1070. The van der Waals surface area contributed by atoms with Crippen molar-refractivity contribution in [3.63, 3.8) is 0 Å². The number of aromatic nitrogens is 3. The monoisotopic (exact) mass is 377 g/mol. The molecule has 1 aliphatic rings. The van der Waals surface area contributed by atoms with Crippen LogP contribution in [0.5, 0.6) is 5.88 Å². The normalized spacial score (nSPS) is 13.9. The SMILES string of the molecule is COc1ncc(C(C)(C)N)c2cc(Cc3ccc4c(n3)CCNC4=O)ncc12. The highest BCUT2D eigenvalue weighted by molar-refractivity contribution is 5.96. The van der Waals surface area contributed by atoms with Crippen molar-refractivity contribution in [2.24, 2.45) is 5.73 Å². The summed E-state index contributed by atoms with van der Waals surface area (Å²) in [4.78, 5) is 25.5. The van der Waals surface area contributed by atoms with Gasteiger partial charge < -0.3 is 15.8 Å². The molecule has 0 saturated carbocycles. The van der Waals surface area contributed by atoms with Gasteiger partial charge in [0.15, 0.2) is 0 Å². The molecule has 0 bridgehead atoms. The molecular weight excluding hydrogens is 354 g/mol. The van der Waals surface area contributed by atoms with Crippen LogP contribution in [0.4, 0.5) is 0 Å². The van der Waals surface area contributed by atoms with Gasteiger partial charge in [-0.2, -0.15) is 0 Å². The lowest BCUT2D eigenvalue weighted by molar-refractivity contribution is 0.0945. The molecule has 0 fully saturated rings. The summed E-state index contributed by atoms with van der Waals surface area (Å²) >= 11 is 0. The van der Waals surface area contributed by atoms with Gasteiger partial charge in [0.25, 0.3) is 5.91 Å². The maximum Gasteiger partial charge on any atom is 0.253 e. The molecule has 3 aromatic rings. The van der Waals surface area contributed by atoms with E-state index in [1.807, 2.05) is 32.0 Å². The third-order valence-corrected chi connectivity index (χ3v) is 4.97. The average Bonchev–Trinajstić information content (AvgIpc) is 2.66. The van der Waals surface area contributed by atoms with Crippen LogP contribution in [0.1, 0.15) is 46.9 Å². The molecule has 0 saturated heterocycles. The highest BCUT2D eigenvalue weighted by atomic mass is 16.5. The summed E-state index contributed by atoms with van der Waals surface area (Å²) in [7, 11) is 1.59. The minimum atomic E-state index is -0.548. The van der Waals surface area contributed by atoms with Gasteiger partial charge in [0.1, 0.15) is 0 Å². The zero-order valence-corrected chi connectivity index (χ0v) is 16.2. The van der Waals surface area contributed by atoms with Crippen LogP contribution in [-0.4, -0.2) is 34.5 Å². The molecule has 1 aliphatic heterocycles. The van der Waals surface area contributed by atoms with Gasteiger partial charge in [-0.1, -0.05) is 0 Å². The Morgan fingerprint density at radius 1 is 1.18 bits per heavy atom. The largest absolute Gasteiger partial charge is 0.481 e. The Balaban J connectivity index is 1.75. The van der Waals surface area contributed by atoms with Gasteiger partial charge in [-0.3, -0.25) is 14.8 Å². The highest BCUT2D eigenvalue weighted by Gasteiger charge is 2.21. The first-order chi connectivity index (χ1) is 13.4. The lowest BCUT2D eigenvalue weighted by Gasteiger charge is -2.22. The van der Waals surface area contributed by atoms with Crippen LogP contribution in [-0.2, 0) is 18.4 Å². The molecule has 3 N–H and O–H groups in total. The van der Waals surface area contributed by atoms with Crippen molar-refractivity contribution < 1.29 is 9.53 Å². The minimum absolute atomic E-state index is 0.0569. The molecule has 4 heterocycles. The second-order valence-electron chi connectivity index (χ2n) is 7.60. The van der Waals surface area contributed by atoms with Crippen molar-refractivity contribution in [2.75, 3.05) is 13.7 Å². The predicted molar refractivity (Wildman–Crippen MR) is 106 cm³/mol. The van der Waals surface area contributed by atoms with Crippen LogP contribution in [0.3, 0.4) is 0 Å². The summed E-state index contributed by atoms with van der Waals surface area (Å²) in [6, 6.07) is 5.75. The lowest BCUT2D eigenvalue weighted by Crippen LogP contribution is -2.32. The Labute approximate surface area is 163 Å². The molecule has 1 amide bonds. The number of nitrogens with zero attached hydrogens (tertiary/aromatic N) is 3. The lowest BCUT2D eigenvalue weighted by atomic mass is 9.92. The number of ether oxygens (including phenoxy) is 1. The van der Waals surface area contributed by atoms with Gasteiger partial charge in [-0.05, 0) is 43.0 Å². The van der Waals surface area contributed by atoms with Crippen molar-refractivity contribution >= 4 is 16.7 Å².